The molecule has 0 aromatic heterocycles. The van der Waals surface area contributed by atoms with Crippen LogP contribution < -0.4 is 0 Å². The molecule has 1 rings (SSSR count). The van der Waals surface area contributed by atoms with E-state index in [4.69, 9.17) is 71.5 Å². The number of esters is 2. The molecular formula is C46H78O32. The van der Waals surface area contributed by atoms with E-state index in [0.29, 0.717) is 43.6 Å². The number of rotatable bonds is 21. The zero-order chi connectivity index (χ0) is 61.6. The summed E-state index contributed by atoms with van der Waals surface area (Å²) in [6, 6.07) is 0. The van der Waals surface area contributed by atoms with E-state index in [1.54, 1.807) is 20.8 Å². The van der Waals surface area contributed by atoms with Gasteiger partial charge in [0.1, 0.15) is 0 Å². The lowest BCUT2D eigenvalue weighted by atomic mass is 9.74. The highest BCUT2D eigenvalue weighted by Gasteiger charge is 2.43. The van der Waals surface area contributed by atoms with E-state index in [-0.39, 0.29) is 39.6 Å². The Balaban J connectivity index is -0.0000000644. The van der Waals surface area contributed by atoms with E-state index < -0.39 is 126 Å². The lowest BCUT2D eigenvalue weighted by molar-refractivity contribution is -0.161. The van der Waals surface area contributed by atoms with Crippen LogP contribution in [0.2, 0.25) is 0 Å². The number of carboxylic acid groups (broad SMARTS) is 14. The molecule has 0 radical (unpaired) electrons. The molecule has 1 heterocycles. The highest BCUT2D eigenvalue weighted by atomic mass is 16.6. The number of carbonyl (C=O) groups excluding carboxylic acids is 2. The van der Waals surface area contributed by atoms with Crippen molar-refractivity contribution < 1.29 is 158 Å². The molecule has 0 aromatic carbocycles. The van der Waals surface area contributed by atoms with Crippen LogP contribution in [-0.4, -0.2) is 172 Å². The van der Waals surface area contributed by atoms with Crippen molar-refractivity contribution in [3.63, 3.8) is 0 Å². The minimum absolute atomic E-state index is 0. The average molecular weight is 1140 g/mol. The minimum atomic E-state index is -1.83. The number of carbonyl (C=O) groups is 16. The highest BCUT2D eigenvalue weighted by Crippen LogP contribution is 2.34. The molecule has 454 valence electrons. The Kier molecular flexibility index (Phi) is 80.5. The standard InChI is InChI=1S/C11H16O8.2C4H4O4.C4H2O3.3C4H8O2.3C3H6O2.2CH4.H2O/c1-5(8(14)15)6(9(16)17)3-11(2,10(18)19)4-7(12)13;2*5-3(6)1-2-4(7)8;5-3-1-2-4(6)7-3;3*1-2-3-4(5)6;3*1-2-3(4)5;;;/h5-6H,3-4H2,1-2H3,(H,12,13)(H,14,15)(H,16,17)(H,18,19);2*1-2H,(H,5,6)(H,7,8);1-2H;3*2-3H2,1H3,(H,5,6);3*2H2,1H3,(H,4,5);2*1H4;1H2/b;2*2-1-;;;;;;;;;;. The molecule has 0 saturated heterocycles. The Hall–Kier alpha value is -9.10. The Morgan fingerprint density at radius 3 is 0.769 bits per heavy atom. The van der Waals surface area contributed by atoms with Gasteiger partial charge in [-0.2, -0.15) is 0 Å². The van der Waals surface area contributed by atoms with Gasteiger partial charge in [0.25, 0.3) is 0 Å². The number of hydrogen-bond donors (Lipinski definition) is 14. The fraction of sp³-hybridized carbons (Fsp3) is 0.522. The molecule has 0 spiro atoms. The van der Waals surface area contributed by atoms with Gasteiger partial charge in [0.15, 0.2) is 0 Å². The summed E-state index contributed by atoms with van der Waals surface area (Å²) in [4.78, 5) is 159. The number of ether oxygens (including phenoxy) is 1. The second-order valence-corrected chi connectivity index (χ2v) is 13.5. The van der Waals surface area contributed by atoms with Crippen LogP contribution in [-0.2, 0) is 81.4 Å². The molecule has 1 aliphatic heterocycles. The molecule has 1 aliphatic rings. The van der Waals surface area contributed by atoms with E-state index in [1.807, 2.05) is 20.8 Å². The SMILES string of the molecule is C.C.CC(C(=O)O)C(CC(C)(CC(=O)O)C(=O)O)C(=O)O.CCC(=O)O.CCC(=O)O.CCC(=O)O.CCCC(=O)O.CCCC(=O)O.CCCC(=O)O.O.O=C(O)/C=C\C(=O)O.O=C(O)/C=C\C(=O)O.O=C1C=CC(=O)O1. The van der Waals surface area contributed by atoms with Crippen molar-refractivity contribution in [1.29, 1.82) is 0 Å². The number of carboxylic acids is 14. The maximum atomic E-state index is 11.1. The van der Waals surface area contributed by atoms with Crippen molar-refractivity contribution in [1.82, 2.24) is 0 Å². The van der Waals surface area contributed by atoms with Crippen molar-refractivity contribution >= 4 is 95.5 Å². The Morgan fingerprint density at radius 2 is 0.679 bits per heavy atom. The van der Waals surface area contributed by atoms with Crippen molar-refractivity contribution in [3.8, 4) is 0 Å². The van der Waals surface area contributed by atoms with Crippen LogP contribution in [0.3, 0.4) is 0 Å². The summed E-state index contributed by atoms with van der Waals surface area (Å²) in [6.07, 6.45) is 6.79. The third-order valence-electron chi connectivity index (χ3n) is 6.63. The summed E-state index contributed by atoms with van der Waals surface area (Å²) in [5.74, 6) is -19.1. The molecule has 32 heteroatoms. The molecule has 32 nitrogen and oxygen atoms in total. The molecular weight excluding hydrogens is 1060 g/mol. The van der Waals surface area contributed by atoms with Gasteiger partial charge in [-0.3, -0.25) is 47.9 Å². The average Bonchev–Trinajstić information content (AvgIpc) is 3.66. The van der Waals surface area contributed by atoms with Crippen molar-refractivity contribution in [2.24, 2.45) is 17.3 Å². The van der Waals surface area contributed by atoms with Gasteiger partial charge >= 0.3 is 95.5 Å². The summed E-state index contributed by atoms with van der Waals surface area (Å²) < 4.78 is 3.97. The third-order valence-corrected chi connectivity index (χ3v) is 6.63. The second-order valence-electron chi connectivity index (χ2n) is 13.5. The molecule has 0 saturated carbocycles. The normalized spacial score (nSPS) is 11.0. The van der Waals surface area contributed by atoms with Gasteiger partial charge in [0, 0.05) is 75.0 Å². The Labute approximate surface area is 447 Å². The zero-order valence-corrected chi connectivity index (χ0v) is 42.6. The summed E-state index contributed by atoms with van der Waals surface area (Å²) in [5, 5.41) is 114. The van der Waals surface area contributed by atoms with E-state index in [1.165, 1.54) is 0 Å². The van der Waals surface area contributed by atoms with Crippen LogP contribution in [0.1, 0.15) is 141 Å². The van der Waals surface area contributed by atoms with Crippen LogP contribution >= 0.6 is 0 Å². The maximum absolute atomic E-state index is 11.1. The van der Waals surface area contributed by atoms with Crippen LogP contribution in [0, 0.1) is 17.3 Å². The number of hydrogen-bond acceptors (Lipinski definition) is 17. The first-order valence-corrected chi connectivity index (χ1v) is 21.1. The summed E-state index contributed by atoms with van der Waals surface area (Å²) in [6.45, 7) is 12.6. The molecule has 78 heavy (non-hydrogen) atoms. The topological polar surface area (TPSA) is 597 Å². The fourth-order valence-electron chi connectivity index (χ4n) is 2.93. The largest absolute Gasteiger partial charge is 0.481 e. The van der Waals surface area contributed by atoms with Gasteiger partial charge in [-0.25, -0.2) is 28.8 Å². The predicted molar refractivity (Wildman–Crippen MR) is 268 cm³/mol. The van der Waals surface area contributed by atoms with Crippen molar-refractivity contribution in [3.05, 3.63) is 36.5 Å². The highest BCUT2D eigenvalue weighted by molar-refractivity contribution is 6.05. The number of cyclic esters (lactones) is 2. The van der Waals surface area contributed by atoms with E-state index in [0.717, 1.165) is 45.3 Å². The van der Waals surface area contributed by atoms with Crippen molar-refractivity contribution in [2.45, 2.75) is 141 Å². The monoisotopic (exact) mass is 1140 g/mol. The summed E-state index contributed by atoms with van der Waals surface area (Å²) in [5.41, 5.74) is -1.83. The van der Waals surface area contributed by atoms with Gasteiger partial charge in [0.2, 0.25) is 0 Å². The Bertz CT molecular complexity index is 1760. The summed E-state index contributed by atoms with van der Waals surface area (Å²) >= 11 is 0. The first-order valence-electron chi connectivity index (χ1n) is 21.1. The van der Waals surface area contributed by atoms with Gasteiger partial charge < -0.3 is 81.7 Å². The van der Waals surface area contributed by atoms with Gasteiger partial charge in [-0.15, -0.1) is 0 Å². The molecule has 16 N–H and O–H groups in total. The molecule has 0 aromatic rings. The lowest BCUT2D eigenvalue weighted by Gasteiger charge is -2.27. The van der Waals surface area contributed by atoms with Crippen LogP contribution in [0.25, 0.3) is 0 Å². The summed E-state index contributed by atoms with van der Waals surface area (Å²) in [7, 11) is 0. The maximum Gasteiger partial charge on any atom is 0.338 e. The van der Waals surface area contributed by atoms with Crippen LogP contribution in [0.4, 0.5) is 0 Å². The molecule has 0 aliphatic carbocycles. The van der Waals surface area contributed by atoms with Crippen LogP contribution in [0.5, 0.6) is 0 Å². The first-order chi connectivity index (χ1) is 34.2. The predicted octanol–water partition coefficient (Wildman–Crippen LogP) is 3.92. The molecule has 3 atom stereocenters. The van der Waals surface area contributed by atoms with E-state index in [2.05, 4.69) is 4.74 Å². The number of aliphatic carboxylic acids is 14. The first kappa shape index (κ1) is 98.1. The lowest BCUT2D eigenvalue weighted by Crippen LogP contribution is -2.38. The smallest absolute Gasteiger partial charge is 0.338 e. The molecule has 0 amide bonds. The van der Waals surface area contributed by atoms with E-state index in [9.17, 15) is 76.7 Å². The zero-order valence-electron chi connectivity index (χ0n) is 42.6. The van der Waals surface area contributed by atoms with Gasteiger partial charge in [0.05, 0.1) is 23.7 Å². The molecule has 3 unspecified atom stereocenters. The van der Waals surface area contributed by atoms with Crippen LogP contribution in [0.15, 0.2) is 36.5 Å². The van der Waals surface area contributed by atoms with E-state index >= 15 is 0 Å². The fourth-order valence-corrected chi connectivity index (χ4v) is 2.93. The Morgan fingerprint density at radius 1 is 0.449 bits per heavy atom. The van der Waals surface area contributed by atoms with Crippen molar-refractivity contribution in [2.75, 3.05) is 0 Å². The second kappa shape index (κ2) is 64.0. The van der Waals surface area contributed by atoms with Gasteiger partial charge in [-0.1, -0.05) is 63.3 Å². The molecule has 0 fully saturated rings. The minimum Gasteiger partial charge on any atom is -0.481 e. The third kappa shape index (κ3) is 104. The quantitative estimate of drug-likeness (QED) is 0.0440. The molecule has 0 bridgehead atoms. The van der Waals surface area contributed by atoms with Gasteiger partial charge in [-0.05, 0) is 32.6 Å².